The van der Waals surface area contributed by atoms with Crippen LogP contribution >= 0.6 is 0 Å². The van der Waals surface area contributed by atoms with E-state index in [1.54, 1.807) is 7.11 Å². The highest BCUT2D eigenvalue weighted by Crippen LogP contribution is 2.20. The van der Waals surface area contributed by atoms with Gasteiger partial charge in [0.2, 0.25) is 5.91 Å². The van der Waals surface area contributed by atoms with E-state index in [9.17, 15) is 4.79 Å². The van der Waals surface area contributed by atoms with Gasteiger partial charge in [0.25, 0.3) is 0 Å². The van der Waals surface area contributed by atoms with Crippen LogP contribution in [-0.4, -0.2) is 32.3 Å². The zero-order valence-corrected chi connectivity index (χ0v) is 12.2. The SMILES string of the molecule is COCC(C)NC(=O)CCOc1cccc(C)c1C. The Labute approximate surface area is 115 Å². The van der Waals surface area contributed by atoms with E-state index in [0.29, 0.717) is 19.6 Å². The van der Waals surface area contributed by atoms with Gasteiger partial charge in [0.1, 0.15) is 5.75 Å². The molecule has 0 saturated carbocycles. The first-order valence-corrected chi connectivity index (χ1v) is 6.52. The van der Waals surface area contributed by atoms with E-state index in [4.69, 9.17) is 9.47 Å². The summed E-state index contributed by atoms with van der Waals surface area (Å²) in [6.45, 7) is 6.87. The predicted molar refractivity (Wildman–Crippen MR) is 75.5 cm³/mol. The van der Waals surface area contributed by atoms with Crippen molar-refractivity contribution in [1.29, 1.82) is 0 Å². The van der Waals surface area contributed by atoms with E-state index in [-0.39, 0.29) is 11.9 Å². The second-order valence-corrected chi connectivity index (χ2v) is 4.72. The molecule has 1 aromatic rings. The maximum absolute atomic E-state index is 11.6. The maximum Gasteiger partial charge on any atom is 0.223 e. The number of hydrogen-bond acceptors (Lipinski definition) is 3. The fourth-order valence-corrected chi connectivity index (χ4v) is 1.77. The molecule has 19 heavy (non-hydrogen) atoms. The van der Waals surface area contributed by atoms with Crippen LogP contribution < -0.4 is 10.1 Å². The summed E-state index contributed by atoms with van der Waals surface area (Å²) < 4.78 is 10.6. The molecule has 0 radical (unpaired) electrons. The topological polar surface area (TPSA) is 47.6 Å². The Morgan fingerprint density at radius 1 is 1.37 bits per heavy atom. The molecule has 1 rings (SSSR count). The Balaban J connectivity index is 2.34. The zero-order chi connectivity index (χ0) is 14.3. The van der Waals surface area contributed by atoms with Crippen molar-refractivity contribution in [3.8, 4) is 5.75 Å². The number of aryl methyl sites for hydroxylation is 1. The van der Waals surface area contributed by atoms with Crippen LogP contribution in [0.5, 0.6) is 5.75 Å². The molecule has 0 bridgehead atoms. The minimum atomic E-state index is -0.0187. The van der Waals surface area contributed by atoms with Crippen molar-refractivity contribution < 1.29 is 14.3 Å². The van der Waals surface area contributed by atoms with Crippen molar-refractivity contribution in [3.05, 3.63) is 29.3 Å². The van der Waals surface area contributed by atoms with Crippen LogP contribution in [0.3, 0.4) is 0 Å². The molecule has 106 valence electrons. The number of amides is 1. The van der Waals surface area contributed by atoms with Gasteiger partial charge in [-0.1, -0.05) is 12.1 Å². The molecule has 1 amide bonds. The average Bonchev–Trinajstić information content (AvgIpc) is 2.34. The molecule has 0 heterocycles. The number of rotatable bonds is 7. The fraction of sp³-hybridized carbons (Fsp3) is 0.533. The van der Waals surface area contributed by atoms with Crippen LogP contribution in [0.25, 0.3) is 0 Å². The zero-order valence-electron chi connectivity index (χ0n) is 12.2. The maximum atomic E-state index is 11.6. The first-order valence-electron chi connectivity index (χ1n) is 6.52. The first-order chi connectivity index (χ1) is 9.04. The summed E-state index contributed by atoms with van der Waals surface area (Å²) in [5.74, 6) is 0.826. The normalized spacial score (nSPS) is 12.0. The highest BCUT2D eigenvalue weighted by molar-refractivity contribution is 5.76. The second kappa shape index (κ2) is 7.79. The van der Waals surface area contributed by atoms with Crippen molar-refractivity contribution in [3.63, 3.8) is 0 Å². The summed E-state index contributed by atoms with van der Waals surface area (Å²) in [7, 11) is 1.62. The van der Waals surface area contributed by atoms with Crippen LogP contribution in [-0.2, 0) is 9.53 Å². The van der Waals surface area contributed by atoms with E-state index >= 15 is 0 Å². The lowest BCUT2D eigenvalue weighted by atomic mass is 10.1. The second-order valence-electron chi connectivity index (χ2n) is 4.72. The molecular weight excluding hydrogens is 242 g/mol. The van der Waals surface area contributed by atoms with E-state index in [2.05, 4.69) is 5.32 Å². The summed E-state index contributed by atoms with van der Waals surface area (Å²) in [5, 5.41) is 2.85. The predicted octanol–water partition coefficient (Wildman–Crippen LogP) is 2.22. The summed E-state index contributed by atoms with van der Waals surface area (Å²) in [4.78, 5) is 11.6. The Bertz CT molecular complexity index is 418. The Hall–Kier alpha value is -1.55. The standard InChI is InChI=1S/C15H23NO3/c1-11-6-5-7-14(13(11)3)19-9-8-15(17)16-12(2)10-18-4/h5-7,12H,8-10H2,1-4H3,(H,16,17). The number of benzene rings is 1. The van der Waals surface area contributed by atoms with Gasteiger partial charge in [-0.25, -0.2) is 0 Å². The lowest BCUT2D eigenvalue weighted by Gasteiger charge is -2.14. The summed E-state index contributed by atoms with van der Waals surface area (Å²) in [6, 6.07) is 5.95. The monoisotopic (exact) mass is 265 g/mol. The number of carbonyl (C=O) groups excluding carboxylic acids is 1. The number of hydrogen-bond donors (Lipinski definition) is 1. The van der Waals surface area contributed by atoms with Crippen LogP contribution in [0.4, 0.5) is 0 Å². The van der Waals surface area contributed by atoms with E-state index in [0.717, 1.165) is 11.3 Å². The minimum Gasteiger partial charge on any atom is -0.493 e. The molecule has 0 aliphatic carbocycles. The molecule has 4 nitrogen and oxygen atoms in total. The lowest BCUT2D eigenvalue weighted by molar-refractivity contribution is -0.122. The van der Waals surface area contributed by atoms with Gasteiger partial charge in [-0.3, -0.25) is 4.79 Å². The van der Waals surface area contributed by atoms with Gasteiger partial charge in [0.05, 0.1) is 19.6 Å². The van der Waals surface area contributed by atoms with Crippen LogP contribution in [0.15, 0.2) is 18.2 Å². The van der Waals surface area contributed by atoms with Crippen molar-refractivity contribution >= 4 is 5.91 Å². The minimum absolute atomic E-state index is 0.0187. The van der Waals surface area contributed by atoms with Gasteiger partial charge in [0.15, 0.2) is 0 Å². The molecule has 1 atom stereocenters. The lowest BCUT2D eigenvalue weighted by Crippen LogP contribution is -2.36. The van der Waals surface area contributed by atoms with E-state index < -0.39 is 0 Å². The fourth-order valence-electron chi connectivity index (χ4n) is 1.77. The van der Waals surface area contributed by atoms with Gasteiger partial charge in [-0.2, -0.15) is 0 Å². The quantitative estimate of drug-likeness (QED) is 0.822. The third-order valence-corrected chi connectivity index (χ3v) is 2.97. The average molecular weight is 265 g/mol. The molecule has 1 aromatic carbocycles. The van der Waals surface area contributed by atoms with Crippen molar-refractivity contribution in [2.45, 2.75) is 33.2 Å². The molecule has 4 heteroatoms. The molecule has 1 unspecified atom stereocenters. The van der Waals surface area contributed by atoms with Crippen molar-refractivity contribution in [2.24, 2.45) is 0 Å². The largest absolute Gasteiger partial charge is 0.493 e. The summed E-state index contributed by atoms with van der Waals surface area (Å²) in [6.07, 6.45) is 0.349. The van der Waals surface area contributed by atoms with Gasteiger partial charge < -0.3 is 14.8 Å². The number of nitrogens with one attached hydrogen (secondary N) is 1. The summed E-state index contributed by atoms with van der Waals surface area (Å²) >= 11 is 0. The van der Waals surface area contributed by atoms with Crippen molar-refractivity contribution in [2.75, 3.05) is 20.3 Å². The third-order valence-electron chi connectivity index (χ3n) is 2.97. The molecule has 0 aliphatic rings. The molecule has 0 spiro atoms. The van der Waals surface area contributed by atoms with Gasteiger partial charge in [-0.05, 0) is 38.0 Å². The third kappa shape index (κ3) is 5.30. The molecule has 0 aromatic heterocycles. The highest BCUT2D eigenvalue weighted by atomic mass is 16.5. The van der Waals surface area contributed by atoms with Crippen molar-refractivity contribution in [1.82, 2.24) is 5.32 Å². The molecule has 0 fully saturated rings. The van der Waals surface area contributed by atoms with E-state index in [1.807, 2.05) is 39.0 Å². The molecular formula is C15H23NO3. The molecule has 0 saturated heterocycles. The van der Waals surface area contributed by atoms with Crippen LogP contribution in [0.1, 0.15) is 24.5 Å². The van der Waals surface area contributed by atoms with Gasteiger partial charge >= 0.3 is 0 Å². The Kier molecular flexibility index (Phi) is 6.36. The van der Waals surface area contributed by atoms with Crippen LogP contribution in [0.2, 0.25) is 0 Å². The summed E-state index contributed by atoms with van der Waals surface area (Å²) in [5.41, 5.74) is 2.31. The van der Waals surface area contributed by atoms with Gasteiger partial charge in [-0.15, -0.1) is 0 Å². The molecule has 0 aliphatic heterocycles. The number of carbonyl (C=O) groups is 1. The molecule has 1 N–H and O–H groups in total. The number of methoxy groups -OCH3 is 1. The van der Waals surface area contributed by atoms with Gasteiger partial charge in [0, 0.05) is 13.2 Å². The van der Waals surface area contributed by atoms with E-state index in [1.165, 1.54) is 5.56 Å². The Morgan fingerprint density at radius 3 is 2.79 bits per heavy atom. The number of ether oxygens (including phenoxy) is 2. The first kappa shape index (κ1) is 15.5. The van der Waals surface area contributed by atoms with Crippen LogP contribution in [0, 0.1) is 13.8 Å². The smallest absolute Gasteiger partial charge is 0.223 e. The highest BCUT2D eigenvalue weighted by Gasteiger charge is 2.08. The Morgan fingerprint density at radius 2 is 2.11 bits per heavy atom.